The van der Waals surface area contributed by atoms with E-state index in [1.165, 1.54) is 17.0 Å². The van der Waals surface area contributed by atoms with Crippen molar-refractivity contribution in [1.29, 1.82) is 0 Å². The predicted molar refractivity (Wildman–Crippen MR) is 171 cm³/mol. The van der Waals surface area contributed by atoms with Crippen molar-refractivity contribution in [1.82, 2.24) is 10.2 Å². The summed E-state index contributed by atoms with van der Waals surface area (Å²) in [4.78, 5) is 29.6. The maximum atomic E-state index is 14.4. The number of hydrogen-bond acceptors (Lipinski definition) is 4. The van der Waals surface area contributed by atoms with Crippen molar-refractivity contribution in [3.05, 3.63) is 131 Å². The minimum absolute atomic E-state index is 0.00866. The highest BCUT2D eigenvalue weighted by molar-refractivity contribution is 7.92. The SMILES string of the molecule is Cc1ccc(S(=O)(=O)N(CC(=O)N(Cc2ccccc2Cl)[C@H](Cc2ccccc2)C(=O)NC(C)C)c2ccccc2)cc1. The van der Waals surface area contributed by atoms with Crippen LogP contribution in [0.3, 0.4) is 0 Å². The van der Waals surface area contributed by atoms with E-state index in [-0.39, 0.29) is 29.8 Å². The van der Waals surface area contributed by atoms with Gasteiger partial charge in [0.1, 0.15) is 12.6 Å². The number of hydrogen-bond donors (Lipinski definition) is 1. The average Bonchev–Trinajstić information content (AvgIpc) is 2.99. The zero-order valence-corrected chi connectivity index (χ0v) is 26.1. The minimum atomic E-state index is -4.15. The average molecular weight is 618 g/mol. The van der Waals surface area contributed by atoms with E-state index in [1.54, 1.807) is 60.7 Å². The molecule has 7 nitrogen and oxygen atoms in total. The molecule has 9 heteroatoms. The second-order valence-corrected chi connectivity index (χ2v) is 12.9. The molecule has 1 N–H and O–H groups in total. The molecule has 0 radical (unpaired) electrons. The van der Waals surface area contributed by atoms with Crippen LogP contribution >= 0.6 is 11.6 Å². The summed E-state index contributed by atoms with van der Waals surface area (Å²) in [6, 6.07) is 30.4. The summed E-state index contributed by atoms with van der Waals surface area (Å²) in [5.41, 5.74) is 2.74. The monoisotopic (exact) mass is 617 g/mol. The number of halogens is 1. The number of para-hydroxylation sites is 1. The first kappa shape index (κ1) is 31.8. The molecule has 0 heterocycles. The Morgan fingerprint density at radius 1 is 0.814 bits per heavy atom. The number of aryl methyl sites for hydroxylation is 1. The fraction of sp³-hybridized carbons (Fsp3) is 0.235. The van der Waals surface area contributed by atoms with E-state index >= 15 is 0 Å². The molecule has 0 fully saturated rings. The molecule has 4 rings (SSSR count). The number of sulfonamides is 1. The molecular weight excluding hydrogens is 582 g/mol. The molecule has 0 aliphatic heterocycles. The van der Waals surface area contributed by atoms with Crippen LogP contribution in [0.15, 0.2) is 114 Å². The number of nitrogens with zero attached hydrogens (tertiary/aromatic N) is 2. The fourth-order valence-corrected chi connectivity index (χ4v) is 6.31. The first-order chi connectivity index (χ1) is 20.6. The number of nitrogens with one attached hydrogen (secondary N) is 1. The van der Waals surface area contributed by atoms with Crippen LogP contribution in [0.1, 0.15) is 30.5 Å². The predicted octanol–water partition coefficient (Wildman–Crippen LogP) is 6.01. The van der Waals surface area contributed by atoms with Gasteiger partial charge in [-0.2, -0.15) is 0 Å². The summed E-state index contributed by atoms with van der Waals surface area (Å²) in [6.45, 7) is 5.06. The number of anilines is 1. The number of carbonyl (C=O) groups excluding carboxylic acids is 2. The third kappa shape index (κ3) is 8.24. The smallest absolute Gasteiger partial charge is 0.264 e. The van der Waals surface area contributed by atoms with Gasteiger partial charge in [-0.1, -0.05) is 96.0 Å². The summed E-state index contributed by atoms with van der Waals surface area (Å²) < 4.78 is 29.1. The van der Waals surface area contributed by atoms with Gasteiger partial charge in [-0.05, 0) is 62.2 Å². The van der Waals surface area contributed by atoms with Crippen LogP contribution in [-0.4, -0.2) is 43.8 Å². The van der Waals surface area contributed by atoms with Crippen molar-refractivity contribution in [3.8, 4) is 0 Å². The van der Waals surface area contributed by atoms with E-state index in [2.05, 4.69) is 5.32 Å². The van der Waals surface area contributed by atoms with Crippen LogP contribution in [0, 0.1) is 6.92 Å². The highest BCUT2D eigenvalue weighted by Crippen LogP contribution is 2.26. The molecule has 4 aromatic rings. The van der Waals surface area contributed by atoms with Gasteiger partial charge in [0.2, 0.25) is 11.8 Å². The van der Waals surface area contributed by atoms with E-state index < -0.39 is 28.5 Å². The Kier molecular flexibility index (Phi) is 10.6. The molecule has 0 spiro atoms. The fourth-order valence-electron chi connectivity index (χ4n) is 4.71. The Morgan fingerprint density at radius 3 is 2.00 bits per heavy atom. The molecule has 4 aromatic carbocycles. The maximum Gasteiger partial charge on any atom is 0.264 e. The summed E-state index contributed by atoms with van der Waals surface area (Å²) in [6.07, 6.45) is 0.228. The number of benzene rings is 4. The first-order valence-electron chi connectivity index (χ1n) is 14.1. The lowest BCUT2D eigenvalue weighted by Crippen LogP contribution is -2.54. The zero-order valence-electron chi connectivity index (χ0n) is 24.5. The molecule has 0 saturated carbocycles. The van der Waals surface area contributed by atoms with Crippen molar-refractivity contribution in [2.75, 3.05) is 10.8 Å². The maximum absolute atomic E-state index is 14.4. The Balaban J connectivity index is 1.79. The van der Waals surface area contributed by atoms with E-state index in [9.17, 15) is 18.0 Å². The van der Waals surface area contributed by atoms with Gasteiger partial charge in [-0.3, -0.25) is 13.9 Å². The second kappa shape index (κ2) is 14.4. The summed E-state index contributed by atoms with van der Waals surface area (Å²) in [5.74, 6) is -0.883. The molecule has 1 atom stereocenters. The molecule has 0 aliphatic carbocycles. The molecule has 0 aliphatic rings. The molecule has 224 valence electrons. The first-order valence-corrected chi connectivity index (χ1v) is 15.9. The Labute approximate surface area is 259 Å². The largest absolute Gasteiger partial charge is 0.352 e. The number of carbonyl (C=O) groups is 2. The summed E-state index contributed by atoms with van der Waals surface area (Å²) in [5, 5.41) is 3.39. The van der Waals surface area contributed by atoms with Crippen molar-refractivity contribution >= 4 is 39.1 Å². The van der Waals surface area contributed by atoms with Gasteiger partial charge in [-0.15, -0.1) is 0 Å². The van der Waals surface area contributed by atoms with Gasteiger partial charge >= 0.3 is 0 Å². The van der Waals surface area contributed by atoms with Crippen LogP contribution in [0.2, 0.25) is 5.02 Å². The van der Waals surface area contributed by atoms with E-state index in [1.807, 2.05) is 57.2 Å². The van der Waals surface area contributed by atoms with Gasteiger partial charge in [-0.25, -0.2) is 8.42 Å². The highest BCUT2D eigenvalue weighted by atomic mass is 35.5. The van der Waals surface area contributed by atoms with Gasteiger partial charge in [0, 0.05) is 24.0 Å². The lowest BCUT2D eigenvalue weighted by Gasteiger charge is -2.34. The van der Waals surface area contributed by atoms with Crippen molar-refractivity contribution in [2.24, 2.45) is 0 Å². The second-order valence-electron chi connectivity index (χ2n) is 10.6. The third-order valence-corrected chi connectivity index (χ3v) is 9.09. The summed E-state index contributed by atoms with van der Waals surface area (Å²) >= 11 is 6.52. The Bertz CT molecular complexity index is 1630. The topological polar surface area (TPSA) is 86.8 Å². The quantitative estimate of drug-likeness (QED) is 0.211. The Morgan fingerprint density at radius 2 is 1.40 bits per heavy atom. The van der Waals surface area contributed by atoms with Crippen LogP contribution in [0.4, 0.5) is 5.69 Å². The van der Waals surface area contributed by atoms with E-state index in [0.29, 0.717) is 16.3 Å². The van der Waals surface area contributed by atoms with Gasteiger partial charge in [0.15, 0.2) is 0 Å². The molecule has 0 unspecified atom stereocenters. The van der Waals surface area contributed by atoms with Crippen molar-refractivity contribution in [3.63, 3.8) is 0 Å². The van der Waals surface area contributed by atoms with Crippen LogP contribution in [0.25, 0.3) is 0 Å². The molecular formula is C34H36ClN3O4S. The van der Waals surface area contributed by atoms with Gasteiger partial charge < -0.3 is 10.2 Å². The third-order valence-electron chi connectivity index (χ3n) is 6.93. The Hall–Kier alpha value is -4.14. The van der Waals surface area contributed by atoms with Gasteiger partial charge in [0.25, 0.3) is 10.0 Å². The van der Waals surface area contributed by atoms with Crippen LogP contribution in [-0.2, 0) is 32.6 Å². The van der Waals surface area contributed by atoms with Crippen molar-refractivity contribution < 1.29 is 18.0 Å². The molecule has 0 bridgehead atoms. The van der Waals surface area contributed by atoms with Crippen LogP contribution < -0.4 is 9.62 Å². The van der Waals surface area contributed by atoms with E-state index in [4.69, 9.17) is 11.6 Å². The molecule has 2 amide bonds. The minimum Gasteiger partial charge on any atom is -0.352 e. The standard InChI is InChI=1S/C34H36ClN3O4S/c1-25(2)36-34(40)32(22-27-12-6-4-7-13-27)37(23-28-14-10-11-17-31(28)35)33(39)24-38(29-15-8-5-9-16-29)43(41,42)30-20-18-26(3)19-21-30/h4-21,25,32H,22-24H2,1-3H3,(H,36,40)/t32-/m1/s1. The zero-order chi connectivity index (χ0) is 31.0. The highest BCUT2D eigenvalue weighted by Gasteiger charge is 2.35. The van der Waals surface area contributed by atoms with Gasteiger partial charge in [0.05, 0.1) is 10.6 Å². The van der Waals surface area contributed by atoms with E-state index in [0.717, 1.165) is 15.4 Å². The summed E-state index contributed by atoms with van der Waals surface area (Å²) in [7, 11) is -4.15. The molecule has 43 heavy (non-hydrogen) atoms. The van der Waals surface area contributed by atoms with Crippen LogP contribution in [0.5, 0.6) is 0 Å². The molecule has 0 saturated heterocycles. The molecule has 0 aromatic heterocycles. The number of rotatable bonds is 12. The van der Waals surface area contributed by atoms with Crippen molar-refractivity contribution in [2.45, 2.75) is 50.7 Å². The lowest BCUT2D eigenvalue weighted by atomic mass is 10.0. The normalized spacial score (nSPS) is 12.0. The lowest BCUT2D eigenvalue weighted by molar-refractivity contribution is -0.140. The number of amides is 2.